The molecule has 1 unspecified atom stereocenters. The van der Waals surface area contributed by atoms with Crippen LogP contribution in [0.2, 0.25) is 0 Å². The van der Waals surface area contributed by atoms with Crippen molar-refractivity contribution in [2.75, 3.05) is 39.4 Å². The molecular formula is C25H30N2O5S. The molecule has 0 radical (unpaired) electrons. The minimum Gasteiger partial charge on any atom is -0.868 e. The minimum absolute atomic E-state index is 0.0344. The standard InChI is InChI=1S/C25H30N2O5S/c1-17(2)32-19-8-6-18(7-9-19)22-21(23(28)20-5-3-16-33-20)24(29)25(30)27(22)11-4-10-26-12-14-31-15-13-26/h3,5-9,16-17,22,29H,4,10-15H2,1-2H3. The minimum atomic E-state index is -0.695. The van der Waals surface area contributed by atoms with Crippen molar-refractivity contribution in [3.63, 3.8) is 0 Å². The molecular weight excluding hydrogens is 440 g/mol. The molecule has 176 valence electrons. The van der Waals surface area contributed by atoms with Gasteiger partial charge in [0.25, 0.3) is 0 Å². The third kappa shape index (κ3) is 5.29. The second kappa shape index (κ2) is 10.5. The Labute approximate surface area is 198 Å². The van der Waals surface area contributed by atoms with E-state index in [0.29, 0.717) is 17.2 Å². The van der Waals surface area contributed by atoms with Gasteiger partial charge in [-0.1, -0.05) is 18.2 Å². The molecule has 2 aliphatic heterocycles. The van der Waals surface area contributed by atoms with Gasteiger partial charge in [0.2, 0.25) is 11.7 Å². The Morgan fingerprint density at radius 3 is 2.61 bits per heavy atom. The van der Waals surface area contributed by atoms with Crippen LogP contribution in [0.5, 0.6) is 5.75 Å². The van der Waals surface area contributed by atoms with Gasteiger partial charge in [0.1, 0.15) is 18.8 Å². The molecule has 1 aromatic heterocycles. The first-order valence-electron chi connectivity index (χ1n) is 11.4. The third-order valence-corrected chi connectivity index (χ3v) is 6.84. The zero-order valence-corrected chi connectivity index (χ0v) is 19.9. The molecule has 1 fully saturated rings. The summed E-state index contributed by atoms with van der Waals surface area (Å²) in [4.78, 5) is 29.8. The molecule has 33 heavy (non-hydrogen) atoms. The number of Topliss-reactive ketones (excluding diaryl/α,β-unsaturated/α-hetero) is 1. The van der Waals surface area contributed by atoms with Gasteiger partial charge in [-0.15, -0.1) is 11.3 Å². The summed E-state index contributed by atoms with van der Waals surface area (Å²) in [7, 11) is 0. The SMILES string of the molecule is CC(C)Oc1ccc(C2C(C(=O)c3cccs3)=C([O-])C(=O)N2CCC[NH+]2CCOCC2)cc1. The quantitative estimate of drug-likeness (QED) is 0.558. The highest BCUT2D eigenvalue weighted by Crippen LogP contribution is 2.39. The molecule has 7 nitrogen and oxygen atoms in total. The van der Waals surface area contributed by atoms with Crippen LogP contribution in [0.4, 0.5) is 0 Å². The summed E-state index contributed by atoms with van der Waals surface area (Å²) in [5.74, 6) is -0.950. The van der Waals surface area contributed by atoms with Gasteiger partial charge in [-0.05, 0) is 48.7 Å². The highest BCUT2D eigenvalue weighted by atomic mass is 32.1. The van der Waals surface area contributed by atoms with Crippen LogP contribution < -0.4 is 14.7 Å². The number of hydrogen-bond donors (Lipinski definition) is 1. The van der Waals surface area contributed by atoms with Crippen LogP contribution in [-0.2, 0) is 9.53 Å². The Morgan fingerprint density at radius 2 is 1.97 bits per heavy atom. The van der Waals surface area contributed by atoms with Crippen molar-refractivity contribution in [3.8, 4) is 5.75 Å². The van der Waals surface area contributed by atoms with Gasteiger partial charge in [-0.25, -0.2) is 0 Å². The smallest absolute Gasteiger partial charge is 0.239 e. The van der Waals surface area contributed by atoms with Crippen molar-refractivity contribution < 1.29 is 29.1 Å². The van der Waals surface area contributed by atoms with Crippen molar-refractivity contribution in [2.45, 2.75) is 32.4 Å². The molecule has 3 heterocycles. The summed E-state index contributed by atoms with van der Waals surface area (Å²) in [6.45, 7) is 8.60. The number of ether oxygens (including phenoxy) is 2. The lowest BCUT2D eigenvalue weighted by molar-refractivity contribution is -0.908. The first kappa shape index (κ1) is 23.5. The van der Waals surface area contributed by atoms with E-state index in [1.807, 2.05) is 38.1 Å². The Balaban J connectivity index is 1.59. The van der Waals surface area contributed by atoms with Crippen LogP contribution in [-0.4, -0.2) is 62.1 Å². The Kier molecular flexibility index (Phi) is 7.47. The number of quaternary nitrogens is 1. The van der Waals surface area contributed by atoms with E-state index in [1.54, 1.807) is 22.4 Å². The first-order chi connectivity index (χ1) is 16.0. The number of carbonyl (C=O) groups excluding carboxylic acids is 2. The van der Waals surface area contributed by atoms with E-state index >= 15 is 0 Å². The number of rotatable bonds is 9. The Hall–Kier alpha value is -2.68. The van der Waals surface area contributed by atoms with E-state index in [-0.39, 0.29) is 17.5 Å². The van der Waals surface area contributed by atoms with Gasteiger partial charge in [-0.3, -0.25) is 9.59 Å². The number of nitrogens with zero attached hydrogens (tertiary/aromatic N) is 1. The van der Waals surface area contributed by atoms with E-state index in [1.165, 1.54) is 16.2 Å². The van der Waals surface area contributed by atoms with E-state index < -0.39 is 17.7 Å². The van der Waals surface area contributed by atoms with Gasteiger partial charge in [0.15, 0.2) is 0 Å². The molecule has 8 heteroatoms. The number of hydrogen-bond acceptors (Lipinski definition) is 6. The van der Waals surface area contributed by atoms with Crippen molar-refractivity contribution in [1.29, 1.82) is 0 Å². The van der Waals surface area contributed by atoms with Crippen LogP contribution in [0.3, 0.4) is 0 Å². The average molecular weight is 471 g/mol. The summed E-state index contributed by atoms with van der Waals surface area (Å²) in [6.07, 6.45) is 0.784. The largest absolute Gasteiger partial charge is 0.868 e. The van der Waals surface area contributed by atoms with Gasteiger partial charge in [0.05, 0.1) is 36.8 Å². The summed E-state index contributed by atoms with van der Waals surface area (Å²) in [5, 5.41) is 14.8. The molecule has 0 spiro atoms. The number of morpholine rings is 1. The maximum Gasteiger partial charge on any atom is 0.239 e. The first-order valence-corrected chi connectivity index (χ1v) is 12.3. The second-order valence-electron chi connectivity index (χ2n) is 8.65. The van der Waals surface area contributed by atoms with Crippen molar-refractivity contribution in [3.05, 3.63) is 63.6 Å². The summed E-state index contributed by atoms with van der Waals surface area (Å²) >= 11 is 1.28. The molecule has 1 atom stereocenters. The van der Waals surface area contributed by atoms with E-state index in [0.717, 1.165) is 44.8 Å². The fourth-order valence-corrected chi connectivity index (χ4v) is 5.08. The summed E-state index contributed by atoms with van der Waals surface area (Å²) in [5.41, 5.74) is 0.780. The van der Waals surface area contributed by atoms with Gasteiger partial charge in [0, 0.05) is 18.5 Å². The highest BCUT2D eigenvalue weighted by Gasteiger charge is 2.39. The molecule has 2 aliphatic rings. The maximum atomic E-state index is 13.3. The molecule has 2 aromatic rings. The lowest BCUT2D eigenvalue weighted by atomic mass is 9.95. The number of carbonyl (C=O) groups is 2. The predicted octanol–water partition coefficient (Wildman–Crippen LogP) is 1.22. The van der Waals surface area contributed by atoms with Gasteiger partial charge >= 0.3 is 0 Å². The maximum absolute atomic E-state index is 13.3. The average Bonchev–Trinajstić information content (AvgIpc) is 3.43. The fourth-order valence-electron chi connectivity index (χ4n) is 4.40. The molecule has 0 saturated carbocycles. The highest BCUT2D eigenvalue weighted by molar-refractivity contribution is 7.12. The van der Waals surface area contributed by atoms with Crippen LogP contribution >= 0.6 is 11.3 Å². The topological polar surface area (TPSA) is 83.3 Å². The summed E-state index contributed by atoms with van der Waals surface area (Å²) in [6, 6.07) is 10.1. The molecule has 1 aromatic carbocycles. The van der Waals surface area contributed by atoms with Crippen LogP contribution in [0.25, 0.3) is 0 Å². The van der Waals surface area contributed by atoms with Crippen LogP contribution in [0.1, 0.15) is 41.5 Å². The molecule has 1 N–H and O–H groups in total. The number of thiophene rings is 1. The molecule has 1 saturated heterocycles. The summed E-state index contributed by atoms with van der Waals surface area (Å²) < 4.78 is 11.1. The number of nitrogens with one attached hydrogen (secondary N) is 1. The zero-order valence-electron chi connectivity index (χ0n) is 19.0. The fraction of sp³-hybridized carbons (Fsp3) is 0.440. The van der Waals surface area contributed by atoms with Crippen LogP contribution in [0.15, 0.2) is 53.1 Å². The number of ketones is 1. The number of benzene rings is 1. The predicted molar refractivity (Wildman–Crippen MR) is 123 cm³/mol. The lowest BCUT2D eigenvalue weighted by Gasteiger charge is -2.29. The molecule has 0 bridgehead atoms. The van der Waals surface area contributed by atoms with Gasteiger partial charge in [-0.2, -0.15) is 0 Å². The molecule has 0 aliphatic carbocycles. The molecule has 4 rings (SSSR count). The molecule has 1 amide bonds. The Morgan fingerprint density at radius 1 is 1.24 bits per heavy atom. The lowest BCUT2D eigenvalue weighted by Crippen LogP contribution is -3.14. The van der Waals surface area contributed by atoms with E-state index in [4.69, 9.17) is 9.47 Å². The van der Waals surface area contributed by atoms with E-state index in [9.17, 15) is 14.7 Å². The monoisotopic (exact) mass is 470 g/mol. The van der Waals surface area contributed by atoms with Crippen molar-refractivity contribution in [2.24, 2.45) is 0 Å². The van der Waals surface area contributed by atoms with Crippen LogP contribution in [0, 0.1) is 0 Å². The second-order valence-corrected chi connectivity index (χ2v) is 9.60. The Bertz CT molecular complexity index is 994. The van der Waals surface area contributed by atoms with Crippen molar-refractivity contribution in [1.82, 2.24) is 4.90 Å². The third-order valence-electron chi connectivity index (χ3n) is 5.97. The zero-order chi connectivity index (χ0) is 23.4. The normalized spacial score (nSPS) is 19.5. The number of amides is 1. The van der Waals surface area contributed by atoms with Crippen molar-refractivity contribution >= 4 is 23.0 Å². The van der Waals surface area contributed by atoms with E-state index in [2.05, 4.69) is 0 Å². The van der Waals surface area contributed by atoms with Gasteiger partial charge < -0.3 is 24.4 Å².